The minimum Gasteiger partial charge on any atom is -0.363 e. The van der Waals surface area contributed by atoms with Gasteiger partial charge in [0.15, 0.2) is 0 Å². The molecule has 0 spiro atoms. The predicted octanol–water partition coefficient (Wildman–Crippen LogP) is 5.46. The number of fused-ring (bicyclic) bond motifs is 1. The fraction of sp³-hybridized carbons (Fsp3) is 0.364. The van der Waals surface area contributed by atoms with Gasteiger partial charge in [-0.05, 0) is 70.2 Å². The molecule has 0 saturated carbocycles. The van der Waals surface area contributed by atoms with Crippen molar-refractivity contribution in [3.63, 3.8) is 0 Å². The lowest BCUT2D eigenvalue weighted by Crippen LogP contribution is -2.45. The average molecular weight is 401 g/mol. The molecule has 0 aromatic heterocycles. The lowest BCUT2D eigenvalue weighted by molar-refractivity contribution is -0.123. The molecule has 2 heterocycles. The number of allylic oxidation sites excluding steroid dienone is 1. The SMILES string of the molecule is C=CC(C)N1C(=O)S/C(=C/c2cc3c(cc2F)N(CC)C(C)(C)C=C3C)C1=O. The Bertz CT molecular complexity index is 933. The molecule has 6 heteroatoms. The van der Waals surface area contributed by atoms with Crippen molar-refractivity contribution in [1.29, 1.82) is 0 Å². The number of likely N-dealkylation sites (N-methyl/N-ethyl adjacent to an activating group) is 1. The van der Waals surface area contributed by atoms with Gasteiger partial charge in [-0.2, -0.15) is 0 Å². The molecule has 2 aliphatic rings. The second-order valence-electron chi connectivity index (χ2n) is 7.64. The second-order valence-corrected chi connectivity index (χ2v) is 8.64. The zero-order chi connectivity index (χ0) is 20.8. The molecule has 1 unspecified atom stereocenters. The maximum atomic E-state index is 14.9. The summed E-state index contributed by atoms with van der Waals surface area (Å²) >= 11 is 0.831. The number of halogens is 1. The molecule has 1 fully saturated rings. The van der Waals surface area contributed by atoms with E-state index in [0.29, 0.717) is 5.56 Å². The summed E-state index contributed by atoms with van der Waals surface area (Å²) in [4.78, 5) is 28.3. The highest BCUT2D eigenvalue weighted by molar-refractivity contribution is 8.18. The predicted molar refractivity (Wildman–Crippen MR) is 115 cm³/mol. The van der Waals surface area contributed by atoms with Crippen LogP contribution in [0, 0.1) is 5.82 Å². The highest BCUT2D eigenvalue weighted by Crippen LogP contribution is 2.41. The van der Waals surface area contributed by atoms with Gasteiger partial charge in [0.1, 0.15) is 5.82 Å². The number of thioether (sulfide) groups is 1. The van der Waals surface area contributed by atoms with E-state index in [1.54, 1.807) is 13.0 Å². The molecule has 28 heavy (non-hydrogen) atoms. The normalized spacial score (nSPS) is 21.1. The van der Waals surface area contributed by atoms with Gasteiger partial charge < -0.3 is 4.90 Å². The van der Waals surface area contributed by atoms with Gasteiger partial charge in [-0.3, -0.25) is 14.5 Å². The van der Waals surface area contributed by atoms with Crippen LogP contribution in [0.1, 0.15) is 45.7 Å². The molecule has 0 aliphatic carbocycles. The van der Waals surface area contributed by atoms with Crippen LogP contribution in [0.25, 0.3) is 11.6 Å². The highest BCUT2D eigenvalue weighted by atomic mass is 32.2. The van der Waals surface area contributed by atoms with Crippen molar-refractivity contribution in [2.24, 2.45) is 0 Å². The molecule has 1 atom stereocenters. The third kappa shape index (κ3) is 3.30. The van der Waals surface area contributed by atoms with Crippen molar-refractivity contribution in [2.75, 3.05) is 11.4 Å². The van der Waals surface area contributed by atoms with Crippen molar-refractivity contribution in [3.05, 3.63) is 52.7 Å². The minimum atomic E-state index is -0.414. The molecule has 0 N–H and O–H groups in total. The Morgan fingerprint density at radius 3 is 2.61 bits per heavy atom. The molecule has 1 saturated heterocycles. The molecule has 0 bridgehead atoms. The number of amides is 2. The first-order valence-electron chi connectivity index (χ1n) is 9.31. The number of hydrogen-bond acceptors (Lipinski definition) is 4. The summed E-state index contributed by atoms with van der Waals surface area (Å²) in [6.07, 6.45) is 5.17. The topological polar surface area (TPSA) is 40.6 Å². The van der Waals surface area contributed by atoms with E-state index < -0.39 is 17.8 Å². The Kier molecular flexibility index (Phi) is 5.28. The summed E-state index contributed by atoms with van der Waals surface area (Å²) < 4.78 is 14.9. The van der Waals surface area contributed by atoms with Crippen LogP contribution in [-0.2, 0) is 4.79 Å². The molecule has 1 aromatic carbocycles. The van der Waals surface area contributed by atoms with Crippen LogP contribution in [0.3, 0.4) is 0 Å². The van der Waals surface area contributed by atoms with Crippen molar-refractivity contribution in [2.45, 2.75) is 46.2 Å². The molecule has 1 aromatic rings. The molecule has 3 rings (SSSR count). The van der Waals surface area contributed by atoms with Gasteiger partial charge in [-0.15, -0.1) is 6.58 Å². The Labute approximate surface area is 169 Å². The van der Waals surface area contributed by atoms with E-state index in [1.165, 1.54) is 18.2 Å². The van der Waals surface area contributed by atoms with E-state index in [9.17, 15) is 14.0 Å². The molecule has 148 valence electrons. The molecule has 4 nitrogen and oxygen atoms in total. The Balaban J connectivity index is 2.06. The van der Waals surface area contributed by atoms with Gasteiger partial charge in [-0.1, -0.05) is 12.2 Å². The smallest absolute Gasteiger partial charge is 0.294 e. The quantitative estimate of drug-likeness (QED) is 0.497. The standard InChI is InChI=1S/C22H25FN2O2S/c1-7-14(4)25-20(26)19(28-21(25)27)10-15-9-16-13(3)12-22(5,6)24(8-2)18(16)11-17(15)23/h7,9-12,14H,1,8H2,2-6H3/b19-10+. The van der Waals surface area contributed by atoms with Crippen LogP contribution in [0.4, 0.5) is 14.9 Å². The summed E-state index contributed by atoms with van der Waals surface area (Å²) in [5.74, 6) is -0.825. The summed E-state index contributed by atoms with van der Waals surface area (Å²) in [6.45, 7) is 14.4. The van der Waals surface area contributed by atoms with Gasteiger partial charge in [0.25, 0.3) is 11.1 Å². The molecule has 0 radical (unpaired) electrons. The van der Waals surface area contributed by atoms with Crippen molar-refractivity contribution >= 4 is 40.2 Å². The van der Waals surface area contributed by atoms with Crippen LogP contribution in [-0.4, -0.2) is 34.2 Å². The van der Waals surface area contributed by atoms with Gasteiger partial charge in [0.2, 0.25) is 0 Å². The average Bonchev–Trinajstić information content (AvgIpc) is 2.89. The third-order valence-electron chi connectivity index (χ3n) is 5.27. The summed E-state index contributed by atoms with van der Waals surface area (Å²) in [5.41, 5.74) is 2.94. The first-order chi connectivity index (χ1) is 13.1. The van der Waals surface area contributed by atoms with E-state index in [0.717, 1.165) is 40.0 Å². The van der Waals surface area contributed by atoms with Crippen LogP contribution in [0.5, 0.6) is 0 Å². The van der Waals surface area contributed by atoms with Crippen LogP contribution >= 0.6 is 11.8 Å². The minimum absolute atomic E-state index is 0.205. The van der Waals surface area contributed by atoms with E-state index in [4.69, 9.17) is 0 Å². The number of benzene rings is 1. The van der Waals surface area contributed by atoms with Gasteiger partial charge in [0.05, 0.1) is 16.5 Å². The number of carbonyl (C=O) groups is 2. The first kappa shape index (κ1) is 20.4. The number of imide groups is 1. The monoisotopic (exact) mass is 400 g/mol. The van der Waals surface area contributed by atoms with Gasteiger partial charge >= 0.3 is 0 Å². The maximum Gasteiger partial charge on any atom is 0.294 e. The van der Waals surface area contributed by atoms with Crippen molar-refractivity contribution in [1.82, 2.24) is 4.90 Å². The van der Waals surface area contributed by atoms with Crippen LogP contribution in [0.15, 0.2) is 35.8 Å². The zero-order valence-corrected chi connectivity index (χ0v) is 17.7. The number of hydrogen-bond donors (Lipinski definition) is 0. The summed E-state index contributed by atoms with van der Waals surface area (Å²) in [7, 11) is 0. The number of anilines is 1. The van der Waals surface area contributed by atoms with Crippen LogP contribution in [0.2, 0.25) is 0 Å². The van der Waals surface area contributed by atoms with Gasteiger partial charge in [-0.25, -0.2) is 4.39 Å². The Hall–Kier alpha value is -2.34. The largest absolute Gasteiger partial charge is 0.363 e. The lowest BCUT2D eigenvalue weighted by Gasteiger charge is -2.42. The van der Waals surface area contributed by atoms with Gasteiger partial charge in [0, 0.05) is 23.4 Å². The van der Waals surface area contributed by atoms with E-state index in [2.05, 4.69) is 31.4 Å². The molecular weight excluding hydrogens is 375 g/mol. The van der Waals surface area contributed by atoms with Crippen molar-refractivity contribution in [3.8, 4) is 0 Å². The summed E-state index contributed by atoms with van der Waals surface area (Å²) in [5, 5.41) is -0.364. The number of carbonyl (C=O) groups excluding carboxylic acids is 2. The molecule has 2 amide bonds. The Morgan fingerprint density at radius 2 is 2.00 bits per heavy atom. The Morgan fingerprint density at radius 1 is 1.32 bits per heavy atom. The lowest BCUT2D eigenvalue weighted by atomic mass is 9.88. The molecule has 2 aliphatic heterocycles. The second kappa shape index (κ2) is 7.24. The number of rotatable bonds is 4. The van der Waals surface area contributed by atoms with E-state index in [1.807, 2.05) is 13.8 Å². The molecular formula is C22H25FN2O2S. The fourth-order valence-corrected chi connectivity index (χ4v) is 4.79. The van der Waals surface area contributed by atoms with Crippen LogP contribution < -0.4 is 4.90 Å². The van der Waals surface area contributed by atoms with Crippen molar-refractivity contribution < 1.29 is 14.0 Å². The van der Waals surface area contributed by atoms with E-state index >= 15 is 0 Å². The summed E-state index contributed by atoms with van der Waals surface area (Å²) in [6, 6.07) is 2.89. The highest BCUT2D eigenvalue weighted by Gasteiger charge is 2.37. The third-order valence-corrected chi connectivity index (χ3v) is 6.15. The maximum absolute atomic E-state index is 14.9. The van der Waals surface area contributed by atoms with E-state index in [-0.39, 0.29) is 15.7 Å². The zero-order valence-electron chi connectivity index (χ0n) is 16.9. The fourth-order valence-electron chi connectivity index (χ4n) is 3.88. The first-order valence-corrected chi connectivity index (χ1v) is 10.1. The number of nitrogens with zero attached hydrogens (tertiary/aromatic N) is 2.